The van der Waals surface area contributed by atoms with E-state index in [1.807, 2.05) is 23.6 Å². The Bertz CT molecular complexity index is 624. The Hall–Kier alpha value is -1.35. The Labute approximate surface area is 122 Å². The van der Waals surface area contributed by atoms with Crippen LogP contribution in [0.15, 0.2) is 29.6 Å². The van der Waals surface area contributed by atoms with Gasteiger partial charge in [0.15, 0.2) is 0 Å². The van der Waals surface area contributed by atoms with Crippen molar-refractivity contribution in [1.29, 1.82) is 0 Å². The zero-order chi connectivity index (χ0) is 13.9. The number of ether oxygens (including phenoxy) is 1. The summed E-state index contributed by atoms with van der Waals surface area (Å²) in [6.45, 7) is 6.32. The van der Waals surface area contributed by atoms with E-state index in [1.54, 1.807) is 17.4 Å². The molecule has 0 N–H and O–H groups in total. The van der Waals surface area contributed by atoms with Crippen LogP contribution in [0.2, 0.25) is 19.6 Å². The Morgan fingerprint density at radius 3 is 2.63 bits per heavy atom. The molecule has 2 heterocycles. The molecule has 0 aliphatic heterocycles. The first kappa shape index (κ1) is 14.1. The van der Waals surface area contributed by atoms with Gasteiger partial charge in [-0.1, -0.05) is 31.3 Å². The minimum Gasteiger partial charge on any atom is -0.369 e. The summed E-state index contributed by atoms with van der Waals surface area (Å²) in [7, 11) is -1.50. The van der Waals surface area contributed by atoms with E-state index in [0.29, 0.717) is 4.88 Å². The van der Waals surface area contributed by atoms with Crippen molar-refractivity contribution >= 4 is 36.7 Å². The summed E-state index contributed by atoms with van der Waals surface area (Å²) in [6, 6.07) is 7.77. The third-order valence-corrected chi connectivity index (χ3v) is 5.12. The highest BCUT2D eigenvalue weighted by Crippen LogP contribution is 2.31. The first-order valence-electron chi connectivity index (χ1n) is 5.83. The summed E-state index contributed by atoms with van der Waals surface area (Å²) in [6.07, 6.45) is 2.54. The lowest BCUT2D eigenvalue weighted by molar-refractivity contribution is 0.0696. The third kappa shape index (κ3) is 4.06. The van der Waals surface area contributed by atoms with Crippen molar-refractivity contribution in [3.05, 3.63) is 34.5 Å². The minimum absolute atomic E-state index is 0.362. The molecule has 19 heavy (non-hydrogen) atoms. The van der Waals surface area contributed by atoms with Crippen LogP contribution < -0.4 is 0 Å². The van der Waals surface area contributed by atoms with Crippen molar-refractivity contribution in [1.82, 2.24) is 0 Å². The molecule has 2 aromatic heterocycles. The van der Waals surface area contributed by atoms with Crippen LogP contribution in [0.25, 0.3) is 9.75 Å². The maximum Gasteiger partial charge on any atom is 0.362 e. The first-order valence-corrected chi connectivity index (χ1v) is 11.0. The molecule has 0 spiro atoms. The zero-order valence-corrected chi connectivity index (χ0v) is 13.7. The van der Waals surface area contributed by atoms with Crippen molar-refractivity contribution in [3.63, 3.8) is 0 Å². The van der Waals surface area contributed by atoms with Crippen LogP contribution in [0.3, 0.4) is 0 Å². The van der Waals surface area contributed by atoms with Crippen molar-refractivity contribution in [3.8, 4) is 21.4 Å². The highest BCUT2D eigenvalue weighted by atomic mass is 32.1. The molecule has 2 rings (SSSR count). The van der Waals surface area contributed by atoms with Crippen LogP contribution in [0, 0.1) is 11.7 Å². The molecule has 98 valence electrons. The lowest BCUT2D eigenvalue weighted by Crippen LogP contribution is -2.16. The summed E-state index contributed by atoms with van der Waals surface area (Å²) in [4.78, 5) is 14.7. The fourth-order valence-corrected chi connectivity index (χ4v) is 3.35. The topological polar surface area (TPSA) is 26.3 Å². The van der Waals surface area contributed by atoms with Crippen LogP contribution in [-0.2, 0) is 4.74 Å². The Balaban J connectivity index is 2.06. The van der Waals surface area contributed by atoms with Crippen LogP contribution in [0.4, 0.5) is 0 Å². The third-order valence-electron chi connectivity index (χ3n) is 2.14. The van der Waals surface area contributed by atoms with Gasteiger partial charge in [-0.05, 0) is 23.6 Å². The van der Waals surface area contributed by atoms with Crippen LogP contribution in [0.5, 0.6) is 0 Å². The molecule has 0 unspecified atom stereocenters. The quantitative estimate of drug-likeness (QED) is 0.465. The molecule has 0 amide bonds. The number of rotatable bonds is 2. The van der Waals surface area contributed by atoms with Crippen molar-refractivity contribution < 1.29 is 9.53 Å². The molecule has 5 heteroatoms. The van der Waals surface area contributed by atoms with E-state index in [2.05, 4.69) is 31.3 Å². The van der Waals surface area contributed by atoms with E-state index in [9.17, 15) is 4.79 Å². The second-order valence-corrected chi connectivity index (χ2v) is 11.8. The number of esters is 1. The Kier molecular flexibility index (Phi) is 4.25. The molecule has 0 saturated heterocycles. The van der Waals surface area contributed by atoms with E-state index in [-0.39, 0.29) is 5.97 Å². The van der Waals surface area contributed by atoms with Crippen molar-refractivity contribution in [2.24, 2.45) is 0 Å². The molecule has 0 fully saturated rings. The molecule has 2 nitrogen and oxygen atoms in total. The predicted molar refractivity (Wildman–Crippen MR) is 84.2 cm³/mol. The van der Waals surface area contributed by atoms with Gasteiger partial charge in [-0.3, -0.25) is 0 Å². The highest BCUT2D eigenvalue weighted by Gasteiger charge is 2.12. The smallest absolute Gasteiger partial charge is 0.362 e. The van der Waals surface area contributed by atoms with Gasteiger partial charge in [0.05, 0.1) is 0 Å². The van der Waals surface area contributed by atoms with Gasteiger partial charge in [0.2, 0.25) is 0 Å². The SMILES string of the molecule is C[Si](C)(C)C#COC(=O)c1ccc(-c2cccs2)s1. The molecule has 0 saturated carbocycles. The monoisotopic (exact) mass is 306 g/mol. The molecule has 0 aromatic carbocycles. The highest BCUT2D eigenvalue weighted by molar-refractivity contribution is 7.22. The van der Waals surface area contributed by atoms with Gasteiger partial charge in [0.1, 0.15) is 19.1 Å². The largest absolute Gasteiger partial charge is 0.369 e. The lowest BCUT2D eigenvalue weighted by Gasteiger charge is -2.02. The normalized spacial score (nSPS) is 10.7. The van der Waals surface area contributed by atoms with E-state index in [1.165, 1.54) is 11.3 Å². The summed E-state index contributed by atoms with van der Waals surface area (Å²) in [5.41, 5.74) is 3.01. The molecular formula is C14H14O2S2Si. The van der Waals surface area contributed by atoms with E-state index in [4.69, 9.17) is 4.74 Å². The van der Waals surface area contributed by atoms with E-state index >= 15 is 0 Å². The Morgan fingerprint density at radius 2 is 2.00 bits per heavy atom. The molecule has 0 aliphatic carbocycles. The van der Waals surface area contributed by atoms with Crippen molar-refractivity contribution in [2.45, 2.75) is 19.6 Å². The number of carbonyl (C=O) groups excluding carboxylic acids is 1. The van der Waals surface area contributed by atoms with Gasteiger partial charge in [-0.15, -0.1) is 22.7 Å². The van der Waals surface area contributed by atoms with Gasteiger partial charge in [-0.25, -0.2) is 4.79 Å². The number of hydrogen-bond donors (Lipinski definition) is 0. The van der Waals surface area contributed by atoms with Crippen LogP contribution in [0.1, 0.15) is 9.67 Å². The molecular weight excluding hydrogens is 292 g/mol. The first-order chi connectivity index (χ1) is 8.96. The number of thiophene rings is 2. The molecule has 0 bridgehead atoms. The number of hydrogen-bond acceptors (Lipinski definition) is 4. The van der Waals surface area contributed by atoms with Gasteiger partial charge in [0, 0.05) is 9.75 Å². The van der Waals surface area contributed by atoms with Crippen LogP contribution in [-0.4, -0.2) is 14.0 Å². The average molecular weight is 306 g/mol. The molecule has 0 atom stereocenters. The van der Waals surface area contributed by atoms with Crippen molar-refractivity contribution in [2.75, 3.05) is 0 Å². The molecule has 2 aromatic rings. The summed E-state index contributed by atoms with van der Waals surface area (Å²) < 4.78 is 4.98. The second kappa shape index (κ2) is 5.74. The van der Waals surface area contributed by atoms with E-state index in [0.717, 1.165) is 9.75 Å². The maximum atomic E-state index is 11.8. The van der Waals surface area contributed by atoms with Gasteiger partial charge >= 0.3 is 5.97 Å². The minimum atomic E-state index is -1.50. The lowest BCUT2D eigenvalue weighted by atomic mass is 10.4. The predicted octanol–water partition coefficient (Wildman–Crippen LogP) is 4.47. The maximum absolute atomic E-state index is 11.8. The fraction of sp³-hybridized carbons (Fsp3) is 0.214. The van der Waals surface area contributed by atoms with Gasteiger partial charge < -0.3 is 4.74 Å². The fourth-order valence-electron chi connectivity index (χ4n) is 1.27. The second-order valence-electron chi connectivity index (χ2n) is 5.01. The summed E-state index contributed by atoms with van der Waals surface area (Å²) in [5, 5.41) is 2.02. The molecule has 0 aliphatic rings. The van der Waals surface area contributed by atoms with E-state index < -0.39 is 8.07 Å². The molecule has 0 radical (unpaired) electrons. The van der Waals surface area contributed by atoms with Crippen LogP contribution >= 0.6 is 22.7 Å². The number of carbonyl (C=O) groups is 1. The zero-order valence-electron chi connectivity index (χ0n) is 11.0. The standard InChI is InChI=1S/C14H14O2S2Si/c1-19(2,3)10-8-16-14(15)13-7-6-12(18-13)11-5-4-9-17-11/h4-7,9H,1-3H3. The summed E-state index contributed by atoms with van der Waals surface area (Å²) in [5.74, 6) is -0.362. The Morgan fingerprint density at radius 1 is 1.21 bits per heavy atom. The average Bonchev–Trinajstić information content (AvgIpc) is 2.98. The van der Waals surface area contributed by atoms with Gasteiger partial charge in [-0.2, -0.15) is 0 Å². The van der Waals surface area contributed by atoms with Gasteiger partial charge in [0.25, 0.3) is 0 Å². The summed E-state index contributed by atoms with van der Waals surface area (Å²) >= 11 is 3.09.